The first-order valence-electron chi connectivity index (χ1n) is 8.92. The molecule has 1 heterocycles. The van der Waals surface area contributed by atoms with Gasteiger partial charge in [0.15, 0.2) is 5.71 Å². The van der Waals surface area contributed by atoms with E-state index in [2.05, 4.69) is 56.5 Å². The summed E-state index contributed by atoms with van der Waals surface area (Å²) < 4.78 is 7.84. The molecule has 1 unspecified atom stereocenters. The van der Waals surface area contributed by atoms with Crippen LogP contribution in [-0.2, 0) is 5.41 Å². The van der Waals surface area contributed by atoms with Crippen LogP contribution in [0.1, 0.15) is 33.3 Å². The van der Waals surface area contributed by atoms with Gasteiger partial charge in [-0.3, -0.25) is 4.99 Å². The lowest BCUT2D eigenvalue weighted by Gasteiger charge is -2.20. The maximum absolute atomic E-state index is 5.41. The molecule has 3 rings (SSSR count). The highest BCUT2D eigenvalue weighted by molar-refractivity contribution is 6.04. The number of hydrogen-bond donors (Lipinski definition) is 0. The zero-order valence-corrected chi connectivity index (χ0v) is 15.8. The Morgan fingerprint density at radius 2 is 1.80 bits per heavy atom. The molecule has 0 aliphatic carbocycles. The molecule has 0 bridgehead atoms. The summed E-state index contributed by atoms with van der Waals surface area (Å²) in [6.45, 7) is 10.0. The minimum atomic E-state index is -0.00118. The molecule has 130 valence electrons. The molecule has 0 saturated heterocycles. The van der Waals surface area contributed by atoms with Gasteiger partial charge in [0.25, 0.3) is 0 Å². The van der Waals surface area contributed by atoms with E-state index in [0.717, 1.165) is 18.0 Å². The minimum absolute atomic E-state index is 0.00118. The van der Waals surface area contributed by atoms with Gasteiger partial charge in [-0.15, -0.1) is 0 Å². The Morgan fingerprint density at radius 1 is 1.12 bits per heavy atom. The standard InChI is InChI=1S/C22H27N2O/c1-6-24-19-13-9-7-11-17(19)22(3,4)21(24)16(2)15-23-18-12-8-10-14-20(18)25-5/h7-16H,6H2,1-5H3/q+1. The molecule has 0 amide bonds. The van der Waals surface area contributed by atoms with E-state index in [1.165, 1.54) is 17.0 Å². The van der Waals surface area contributed by atoms with Crippen molar-refractivity contribution in [3.05, 3.63) is 54.1 Å². The average molecular weight is 335 g/mol. The lowest BCUT2D eigenvalue weighted by molar-refractivity contribution is -0.436. The molecular formula is C22H27N2O+. The van der Waals surface area contributed by atoms with Gasteiger partial charge in [0.2, 0.25) is 5.69 Å². The van der Waals surface area contributed by atoms with Crippen LogP contribution in [0.4, 0.5) is 11.4 Å². The zero-order valence-electron chi connectivity index (χ0n) is 15.8. The molecular weight excluding hydrogens is 308 g/mol. The van der Waals surface area contributed by atoms with Gasteiger partial charge in [-0.2, -0.15) is 4.58 Å². The Balaban J connectivity index is 1.99. The Kier molecular flexibility index (Phi) is 4.76. The van der Waals surface area contributed by atoms with Crippen molar-refractivity contribution in [3.63, 3.8) is 0 Å². The van der Waals surface area contributed by atoms with E-state index in [4.69, 9.17) is 9.73 Å². The minimum Gasteiger partial charge on any atom is -0.494 e. The van der Waals surface area contributed by atoms with Gasteiger partial charge in [-0.25, -0.2) is 0 Å². The Labute approximate surface area is 150 Å². The molecule has 0 fully saturated rings. The first kappa shape index (κ1) is 17.4. The summed E-state index contributed by atoms with van der Waals surface area (Å²) in [6, 6.07) is 16.6. The molecule has 25 heavy (non-hydrogen) atoms. The number of ether oxygens (including phenoxy) is 1. The second-order valence-corrected chi connectivity index (χ2v) is 7.01. The highest BCUT2D eigenvalue weighted by atomic mass is 16.5. The Hall–Kier alpha value is -2.42. The largest absolute Gasteiger partial charge is 0.494 e. The van der Waals surface area contributed by atoms with Crippen molar-refractivity contribution in [2.24, 2.45) is 10.9 Å². The number of aliphatic imine (C=N–C) groups is 1. The summed E-state index contributed by atoms with van der Waals surface area (Å²) in [7, 11) is 1.68. The smallest absolute Gasteiger partial charge is 0.209 e. The fourth-order valence-corrected chi connectivity index (χ4v) is 4.00. The molecule has 0 radical (unpaired) electrons. The average Bonchev–Trinajstić information content (AvgIpc) is 2.87. The van der Waals surface area contributed by atoms with Crippen molar-refractivity contribution in [2.45, 2.75) is 33.1 Å². The monoisotopic (exact) mass is 335 g/mol. The summed E-state index contributed by atoms with van der Waals surface area (Å²) in [5, 5.41) is 0. The highest BCUT2D eigenvalue weighted by Gasteiger charge is 2.46. The van der Waals surface area contributed by atoms with Gasteiger partial charge in [0, 0.05) is 17.8 Å². The second-order valence-electron chi connectivity index (χ2n) is 7.01. The summed E-state index contributed by atoms with van der Waals surface area (Å²) >= 11 is 0. The van der Waals surface area contributed by atoms with Crippen molar-refractivity contribution < 1.29 is 9.31 Å². The predicted molar refractivity (Wildman–Crippen MR) is 105 cm³/mol. The van der Waals surface area contributed by atoms with Crippen LogP contribution in [0.2, 0.25) is 0 Å². The van der Waals surface area contributed by atoms with Crippen molar-refractivity contribution in [3.8, 4) is 5.75 Å². The van der Waals surface area contributed by atoms with Crippen LogP contribution >= 0.6 is 0 Å². The molecule has 0 spiro atoms. The van der Waals surface area contributed by atoms with E-state index in [1.54, 1.807) is 7.11 Å². The molecule has 1 aliphatic heterocycles. The van der Waals surface area contributed by atoms with Crippen LogP contribution in [-0.4, -0.2) is 30.2 Å². The molecule has 0 saturated carbocycles. The van der Waals surface area contributed by atoms with Crippen molar-refractivity contribution in [2.75, 3.05) is 13.7 Å². The van der Waals surface area contributed by atoms with Gasteiger partial charge in [0.05, 0.1) is 18.4 Å². The van der Waals surface area contributed by atoms with E-state index < -0.39 is 0 Å². The van der Waals surface area contributed by atoms with Crippen LogP contribution in [0.25, 0.3) is 0 Å². The van der Waals surface area contributed by atoms with Gasteiger partial charge >= 0.3 is 0 Å². The Bertz CT molecular complexity index is 833. The number of methoxy groups -OCH3 is 1. The predicted octanol–water partition coefficient (Wildman–Crippen LogP) is 5.13. The summed E-state index contributed by atoms with van der Waals surface area (Å²) in [4.78, 5) is 4.72. The van der Waals surface area contributed by atoms with E-state index in [-0.39, 0.29) is 11.3 Å². The molecule has 1 aliphatic rings. The topological polar surface area (TPSA) is 24.6 Å². The van der Waals surface area contributed by atoms with E-state index in [9.17, 15) is 0 Å². The Morgan fingerprint density at radius 3 is 2.52 bits per heavy atom. The van der Waals surface area contributed by atoms with Crippen LogP contribution < -0.4 is 4.74 Å². The number of fused-ring (bicyclic) bond motifs is 1. The lowest BCUT2D eigenvalue weighted by Crippen LogP contribution is -2.35. The summed E-state index contributed by atoms with van der Waals surface area (Å²) in [6.07, 6.45) is 2.05. The molecule has 1 atom stereocenters. The number of para-hydroxylation sites is 3. The van der Waals surface area contributed by atoms with Gasteiger partial charge < -0.3 is 4.74 Å². The van der Waals surface area contributed by atoms with E-state index in [1.807, 2.05) is 30.5 Å². The molecule has 2 aromatic carbocycles. The third-order valence-electron chi connectivity index (χ3n) is 5.07. The third-order valence-corrected chi connectivity index (χ3v) is 5.07. The summed E-state index contributed by atoms with van der Waals surface area (Å²) in [5.41, 5.74) is 4.98. The van der Waals surface area contributed by atoms with Crippen molar-refractivity contribution >= 4 is 23.3 Å². The van der Waals surface area contributed by atoms with Crippen molar-refractivity contribution in [1.29, 1.82) is 0 Å². The van der Waals surface area contributed by atoms with Crippen molar-refractivity contribution in [1.82, 2.24) is 0 Å². The number of rotatable bonds is 5. The maximum Gasteiger partial charge on any atom is 0.209 e. The SMILES string of the molecule is CC[N+]1=C(C(C)C=Nc2ccccc2OC)C(C)(C)c2ccccc21. The molecule has 2 aromatic rings. The zero-order chi connectivity index (χ0) is 18.0. The van der Waals surface area contributed by atoms with Gasteiger partial charge in [0.1, 0.15) is 18.0 Å². The summed E-state index contributed by atoms with van der Waals surface area (Å²) in [5.74, 6) is 1.03. The number of nitrogens with zero attached hydrogens (tertiary/aromatic N) is 2. The quantitative estimate of drug-likeness (QED) is 0.549. The van der Waals surface area contributed by atoms with Gasteiger partial charge in [-0.1, -0.05) is 30.3 Å². The van der Waals surface area contributed by atoms with E-state index in [0.29, 0.717) is 0 Å². The number of benzene rings is 2. The molecule has 3 nitrogen and oxygen atoms in total. The maximum atomic E-state index is 5.41. The van der Waals surface area contributed by atoms with Crippen LogP contribution in [0.15, 0.2) is 53.5 Å². The van der Waals surface area contributed by atoms with E-state index >= 15 is 0 Å². The normalized spacial score (nSPS) is 17.0. The number of hydrogen-bond acceptors (Lipinski definition) is 2. The first-order valence-corrected chi connectivity index (χ1v) is 8.92. The third kappa shape index (κ3) is 2.99. The fourth-order valence-electron chi connectivity index (χ4n) is 4.00. The van der Waals surface area contributed by atoms with Gasteiger partial charge in [-0.05, 0) is 39.8 Å². The highest BCUT2D eigenvalue weighted by Crippen LogP contribution is 2.41. The first-order chi connectivity index (χ1) is 12.0. The van der Waals surface area contributed by atoms with Crippen LogP contribution in [0, 0.1) is 5.92 Å². The van der Waals surface area contributed by atoms with Crippen LogP contribution in [0.3, 0.4) is 0 Å². The second kappa shape index (κ2) is 6.83. The molecule has 3 heteroatoms. The molecule has 0 N–H and O–H groups in total. The lowest BCUT2D eigenvalue weighted by atomic mass is 9.77. The van der Waals surface area contributed by atoms with Crippen LogP contribution in [0.5, 0.6) is 5.75 Å². The molecule has 0 aromatic heterocycles. The fraction of sp³-hybridized carbons (Fsp3) is 0.364.